The summed E-state index contributed by atoms with van der Waals surface area (Å²) in [6.45, 7) is 3.73. The lowest BCUT2D eigenvalue weighted by Gasteiger charge is -2.02. The summed E-state index contributed by atoms with van der Waals surface area (Å²) in [5.74, 6) is 0. The molecule has 0 aliphatic carbocycles. The monoisotopic (exact) mass is 595 g/mol. The largest absolute Gasteiger partial charge is 0.237 e. The molecule has 7 rings (SSSR count). The van der Waals surface area contributed by atoms with Gasteiger partial charge in [-0.1, -0.05) is 176 Å². The highest BCUT2D eigenvalue weighted by atomic mass is 32.1. The third kappa shape index (κ3) is 8.08. The van der Waals surface area contributed by atoms with Crippen molar-refractivity contribution in [3.8, 4) is 22.3 Å². The Hall–Kier alpha value is -5.57. The van der Waals surface area contributed by atoms with Crippen molar-refractivity contribution in [2.45, 2.75) is 0 Å². The third-order valence-electron chi connectivity index (χ3n) is 7.40. The second kappa shape index (κ2) is 14.7. The van der Waals surface area contributed by atoms with Gasteiger partial charge in [-0.2, -0.15) is 0 Å². The highest BCUT2D eigenvalue weighted by Gasteiger charge is 2.00. The van der Waals surface area contributed by atoms with E-state index >= 15 is 0 Å². The first-order valence-corrected chi connectivity index (χ1v) is 15.8. The van der Waals surface area contributed by atoms with Crippen LogP contribution in [0.5, 0.6) is 0 Å². The minimum absolute atomic E-state index is 1.03. The Balaban J connectivity index is 0.000000213. The zero-order chi connectivity index (χ0) is 30.7. The Morgan fingerprint density at radius 1 is 0.400 bits per heavy atom. The molecule has 2 heteroatoms. The van der Waals surface area contributed by atoms with Gasteiger partial charge in [-0.05, 0) is 62.7 Å². The Morgan fingerprint density at radius 3 is 1.29 bits per heavy atom. The molecule has 7 aromatic rings. The van der Waals surface area contributed by atoms with Crippen molar-refractivity contribution in [1.82, 2.24) is 4.98 Å². The molecule has 0 bridgehead atoms. The summed E-state index contributed by atoms with van der Waals surface area (Å²) in [6, 6.07) is 54.7. The van der Waals surface area contributed by atoms with Crippen molar-refractivity contribution in [3.63, 3.8) is 0 Å². The normalized spacial score (nSPS) is 11.0. The maximum atomic E-state index is 4.65. The number of rotatable bonds is 7. The van der Waals surface area contributed by atoms with Crippen LogP contribution in [-0.4, -0.2) is 4.98 Å². The Morgan fingerprint density at radius 2 is 0.800 bits per heavy atom. The van der Waals surface area contributed by atoms with Crippen LogP contribution in [0.4, 0.5) is 0 Å². The number of thiazole rings is 1. The Labute approximate surface area is 269 Å². The van der Waals surface area contributed by atoms with Crippen LogP contribution in [0.2, 0.25) is 0 Å². The van der Waals surface area contributed by atoms with Crippen molar-refractivity contribution in [2.24, 2.45) is 0 Å². The fourth-order valence-electron chi connectivity index (χ4n) is 4.90. The van der Waals surface area contributed by atoms with Crippen LogP contribution >= 0.6 is 11.3 Å². The molecule has 0 N–H and O–H groups in total. The number of fused-ring (bicyclic) bond motifs is 1. The number of nitrogens with zero attached hydrogens (tertiary/aromatic N) is 1. The van der Waals surface area contributed by atoms with Gasteiger partial charge < -0.3 is 0 Å². The van der Waals surface area contributed by atoms with E-state index in [9.17, 15) is 0 Å². The third-order valence-corrected chi connectivity index (χ3v) is 8.41. The van der Waals surface area contributed by atoms with E-state index in [1.807, 2.05) is 24.3 Å². The van der Waals surface area contributed by atoms with Crippen molar-refractivity contribution in [1.29, 1.82) is 0 Å². The van der Waals surface area contributed by atoms with Crippen molar-refractivity contribution in [2.75, 3.05) is 0 Å². The summed E-state index contributed by atoms with van der Waals surface area (Å²) in [7, 11) is 0. The van der Waals surface area contributed by atoms with Crippen LogP contribution in [-0.2, 0) is 0 Å². The van der Waals surface area contributed by atoms with Crippen LogP contribution in [0, 0.1) is 0 Å². The Bertz CT molecular complexity index is 1980. The van der Waals surface area contributed by atoms with Gasteiger partial charge >= 0.3 is 0 Å². The van der Waals surface area contributed by atoms with Crippen LogP contribution < -0.4 is 0 Å². The predicted octanol–water partition coefficient (Wildman–Crippen LogP) is 12.3. The first-order chi connectivity index (χ1) is 22.2. The SMILES string of the molecule is C(=C\c1ccc(-c2ccccc2)cc1)/c1ccc(/C=C/c2nc3ccccc3s2)cc1.C=Cc1ccc(-c2ccccc2)cc1. The Kier molecular flexibility index (Phi) is 9.67. The second-order valence-corrected chi connectivity index (χ2v) is 11.6. The predicted molar refractivity (Wildman–Crippen MR) is 198 cm³/mol. The van der Waals surface area contributed by atoms with Gasteiger partial charge in [-0.15, -0.1) is 11.3 Å². The van der Waals surface area contributed by atoms with Gasteiger partial charge in [-0.25, -0.2) is 4.98 Å². The number of hydrogen-bond donors (Lipinski definition) is 0. The van der Waals surface area contributed by atoms with Gasteiger partial charge in [0.25, 0.3) is 0 Å². The zero-order valence-corrected chi connectivity index (χ0v) is 25.8. The lowest BCUT2D eigenvalue weighted by Crippen LogP contribution is -1.78. The van der Waals surface area contributed by atoms with E-state index < -0.39 is 0 Å². The molecule has 1 heterocycles. The number of para-hydroxylation sites is 1. The average molecular weight is 596 g/mol. The van der Waals surface area contributed by atoms with Crippen LogP contribution in [0.15, 0.2) is 164 Å². The fraction of sp³-hybridized carbons (Fsp3) is 0. The smallest absolute Gasteiger partial charge is 0.117 e. The quantitative estimate of drug-likeness (QED) is 0.167. The summed E-state index contributed by atoms with van der Waals surface area (Å²) in [4.78, 5) is 4.65. The lowest BCUT2D eigenvalue weighted by molar-refractivity contribution is 1.46. The molecular formula is C43H33NS. The molecule has 6 aromatic carbocycles. The summed E-state index contributed by atoms with van der Waals surface area (Å²) in [6.07, 6.45) is 10.4. The average Bonchev–Trinajstić information content (AvgIpc) is 3.55. The van der Waals surface area contributed by atoms with Gasteiger partial charge in [0.2, 0.25) is 0 Å². The van der Waals surface area contributed by atoms with E-state index in [2.05, 4.69) is 175 Å². The van der Waals surface area contributed by atoms with E-state index in [4.69, 9.17) is 0 Å². The highest BCUT2D eigenvalue weighted by Crippen LogP contribution is 2.24. The summed E-state index contributed by atoms with van der Waals surface area (Å²) < 4.78 is 1.22. The maximum absolute atomic E-state index is 4.65. The molecule has 0 saturated heterocycles. The zero-order valence-electron chi connectivity index (χ0n) is 25.0. The molecule has 0 spiro atoms. The van der Waals surface area contributed by atoms with E-state index in [1.54, 1.807) is 11.3 Å². The first kappa shape index (κ1) is 29.5. The van der Waals surface area contributed by atoms with Gasteiger partial charge in [0, 0.05) is 0 Å². The van der Waals surface area contributed by atoms with Gasteiger partial charge in [0.15, 0.2) is 0 Å². The number of hydrogen-bond acceptors (Lipinski definition) is 2. The molecular weight excluding hydrogens is 563 g/mol. The topological polar surface area (TPSA) is 12.9 Å². The molecule has 0 radical (unpaired) electrons. The van der Waals surface area contributed by atoms with E-state index in [1.165, 1.54) is 43.6 Å². The van der Waals surface area contributed by atoms with E-state index in [0.717, 1.165) is 16.1 Å². The summed E-state index contributed by atoms with van der Waals surface area (Å²) >= 11 is 1.72. The minimum atomic E-state index is 1.03. The van der Waals surface area contributed by atoms with Crippen LogP contribution in [0.3, 0.4) is 0 Å². The number of benzene rings is 6. The molecule has 0 atom stereocenters. The summed E-state index contributed by atoms with van der Waals surface area (Å²) in [5.41, 5.74) is 10.7. The standard InChI is InChI=1S/C29H21NS.C14H12/c1-2-6-25(7-3-1)26-19-16-24(17-20-26)15-12-22-10-13-23(14-11-22)18-21-29-30-27-8-4-5-9-28(27)31-29;1-2-12-8-10-14(11-9-12)13-6-4-3-5-7-13/h1-21H;2-11H,1H2/b15-12+,21-18+;. The first-order valence-electron chi connectivity index (χ1n) is 15.0. The molecule has 0 aliphatic rings. The highest BCUT2D eigenvalue weighted by molar-refractivity contribution is 7.19. The van der Waals surface area contributed by atoms with Gasteiger partial charge in [0.05, 0.1) is 10.2 Å². The minimum Gasteiger partial charge on any atom is -0.237 e. The molecule has 0 unspecified atom stereocenters. The summed E-state index contributed by atoms with van der Waals surface area (Å²) in [5, 5.41) is 1.03. The lowest BCUT2D eigenvalue weighted by atomic mass is 10.0. The van der Waals surface area contributed by atoms with Crippen molar-refractivity contribution < 1.29 is 0 Å². The van der Waals surface area contributed by atoms with E-state index in [0.29, 0.717) is 0 Å². The molecule has 1 nitrogen and oxygen atoms in total. The van der Waals surface area contributed by atoms with Crippen molar-refractivity contribution in [3.05, 3.63) is 192 Å². The van der Waals surface area contributed by atoms with Crippen LogP contribution in [0.25, 0.3) is 62.9 Å². The van der Waals surface area contributed by atoms with Gasteiger partial charge in [0.1, 0.15) is 5.01 Å². The number of aromatic nitrogens is 1. The molecule has 216 valence electrons. The molecule has 1 aromatic heterocycles. The van der Waals surface area contributed by atoms with Crippen molar-refractivity contribution >= 4 is 51.9 Å². The molecule has 45 heavy (non-hydrogen) atoms. The second-order valence-electron chi connectivity index (χ2n) is 10.5. The molecule has 0 fully saturated rings. The molecule has 0 aliphatic heterocycles. The molecule has 0 amide bonds. The molecule has 0 saturated carbocycles. The van der Waals surface area contributed by atoms with E-state index in [-0.39, 0.29) is 0 Å². The maximum Gasteiger partial charge on any atom is 0.117 e. The van der Waals surface area contributed by atoms with Crippen LogP contribution in [0.1, 0.15) is 27.3 Å². The van der Waals surface area contributed by atoms with Gasteiger partial charge in [-0.3, -0.25) is 0 Å². The fourth-order valence-corrected chi connectivity index (χ4v) is 5.77.